The molecule has 0 aliphatic carbocycles. The first-order chi connectivity index (χ1) is 9.56. The van der Waals surface area contributed by atoms with E-state index in [2.05, 4.69) is 15.2 Å². The van der Waals surface area contributed by atoms with Crippen LogP contribution in [-0.2, 0) is 4.79 Å². The van der Waals surface area contributed by atoms with E-state index in [1.807, 2.05) is 6.92 Å². The molecule has 1 aromatic heterocycles. The Kier molecular flexibility index (Phi) is 5.34. The second-order valence-corrected chi connectivity index (χ2v) is 5.74. The van der Waals surface area contributed by atoms with E-state index < -0.39 is 0 Å². The monoisotopic (exact) mass is 296 g/mol. The molecule has 1 saturated heterocycles. The summed E-state index contributed by atoms with van der Waals surface area (Å²) in [7, 11) is 0. The molecular formula is C14H21ClN4O. The van der Waals surface area contributed by atoms with Crippen LogP contribution >= 0.6 is 11.6 Å². The van der Waals surface area contributed by atoms with Crippen molar-refractivity contribution < 1.29 is 4.79 Å². The van der Waals surface area contributed by atoms with Gasteiger partial charge in [-0.25, -0.2) is 4.98 Å². The average Bonchev–Trinajstić information content (AvgIpc) is 2.41. The number of carbonyl (C=O) groups is 1. The number of rotatable bonds is 4. The normalized spacial score (nSPS) is 21.4. The largest absolute Gasteiger partial charge is 0.328 e. The number of nitrogens with one attached hydrogen (secondary N) is 1. The molecule has 0 bridgehead atoms. The molecule has 1 aromatic rings. The zero-order chi connectivity index (χ0) is 14.5. The predicted octanol–water partition coefficient (Wildman–Crippen LogP) is 1.73. The molecule has 6 heteroatoms. The van der Waals surface area contributed by atoms with Crippen LogP contribution < -0.4 is 11.1 Å². The van der Waals surface area contributed by atoms with E-state index in [4.69, 9.17) is 17.3 Å². The second-order valence-electron chi connectivity index (χ2n) is 5.39. The topological polar surface area (TPSA) is 71.2 Å². The van der Waals surface area contributed by atoms with Crippen molar-refractivity contribution in [2.24, 2.45) is 11.7 Å². The molecule has 20 heavy (non-hydrogen) atoms. The van der Waals surface area contributed by atoms with Crippen molar-refractivity contribution in [1.29, 1.82) is 0 Å². The Morgan fingerprint density at radius 1 is 1.70 bits per heavy atom. The predicted molar refractivity (Wildman–Crippen MR) is 80.7 cm³/mol. The third-order valence-corrected chi connectivity index (χ3v) is 3.99. The van der Waals surface area contributed by atoms with Gasteiger partial charge in [-0.1, -0.05) is 11.6 Å². The number of carbonyl (C=O) groups excluding carboxylic acids is 1. The van der Waals surface area contributed by atoms with E-state index >= 15 is 0 Å². The van der Waals surface area contributed by atoms with Crippen molar-refractivity contribution in [1.82, 2.24) is 9.88 Å². The number of amides is 1. The van der Waals surface area contributed by atoms with Crippen LogP contribution in [0, 0.1) is 5.92 Å². The third kappa shape index (κ3) is 4.16. The summed E-state index contributed by atoms with van der Waals surface area (Å²) in [5, 5.41) is 3.11. The lowest BCUT2D eigenvalue weighted by atomic mass is 9.92. The van der Waals surface area contributed by atoms with Gasteiger partial charge in [-0.15, -0.1) is 0 Å². The number of piperidine rings is 1. The Balaban J connectivity index is 1.87. The quantitative estimate of drug-likeness (QED) is 0.830. The van der Waals surface area contributed by atoms with Gasteiger partial charge in [0.05, 0.1) is 12.2 Å². The van der Waals surface area contributed by atoms with Crippen LogP contribution in [0.1, 0.15) is 19.8 Å². The molecular weight excluding hydrogens is 276 g/mol. The van der Waals surface area contributed by atoms with Crippen LogP contribution in [0.4, 0.5) is 5.69 Å². The highest BCUT2D eigenvalue weighted by Crippen LogP contribution is 2.20. The Morgan fingerprint density at radius 2 is 2.50 bits per heavy atom. The molecule has 2 atom stereocenters. The van der Waals surface area contributed by atoms with Gasteiger partial charge in [-0.2, -0.15) is 0 Å². The van der Waals surface area contributed by atoms with Crippen LogP contribution in [0.2, 0.25) is 5.15 Å². The zero-order valence-corrected chi connectivity index (χ0v) is 12.4. The fourth-order valence-electron chi connectivity index (χ4n) is 2.54. The first-order valence-electron chi connectivity index (χ1n) is 6.94. The second kappa shape index (κ2) is 7.02. The molecule has 1 aliphatic rings. The summed E-state index contributed by atoms with van der Waals surface area (Å²) in [6.45, 7) is 4.22. The number of nitrogens with two attached hydrogens (primary N) is 1. The Morgan fingerprint density at radius 3 is 3.20 bits per heavy atom. The van der Waals surface area contributed by atoms with Gasteiger partial charge < -0.3 is 11.1 Å². The summed E-state index contributed by atoms with van der Waals surface area (Å²) in [6, 6.07) is 3.66. The molecule has 3 N–H and O–H groups in total. The summed E-state index contributed by atoms with van der Waals surface area (Å²) >= 11 is 5.92. The number of halogens is 1. The van der Waals surface area contributed by atoms with Crippen LogP contribution in [0.3, 0.4) is 0 Å². The van der Waals surface area contributed by atoms with E-state index in [1.54, 1.807) is 18.3 Å². The van der Waals surface area contributed by atoms with Crippen LogP contribution in [0.25, 0.3) is 0 Å². The van der Waals surface area contributed by atoms with E-state index in [9.17, 15) is 4.79 Å². The lowest BCUT2D eigenvalue weighted by Crippen LogP contribution is -2.45. The number of anilines is 1. The van der Waals surface area contributed by atoms with Gasteiger partial charge in [-0.05, 0) is 44.4 Å². The minimum atomic E-state index is -0.0646. The zero-order valence-electron chi connectivity index (χ0n) is 11.7. The molecule has 5 nitrogen and oxygen atoms in total. The van der Waals surface area contributed by atoms with Crippen molar-refractivity contribution in [3.63, 3.8) is 0 Å². The van der Waals surface area contributed by atoms with Crippen LogP contribution in [-0.4, -0.2) is 41.5 Å². The van der Waals surface area contributed by atoms with Gasteiger partial charge >= 0.3 is 0 Å². The van der Waals surface area contributed by atoms with Crippen molar-refractivity contribution >= 4 is 23.2 Å². The molecule has 2 rings (SSSR count). The number of nitrogens with zero attached hydrogens (tertiary/aromatic N) is 2. The minimum absolute atomic E-state index is 0.0646. The van der Waals surface area contributed by atoms with Gasteiger partial charge in [0.2, 0.25) is 5.91 Å². The van der Waals surface area contributed by atoms with Gasteiger partial charge in [0.1, 0.15) is 0 Å². The number of pyridine rings is 1. The maximum atomic E-state index is 12.0. The van der Waals surface area contributed by atoms with Gasteiger partial charge in [-0.3, -0.25) is 9.69 Å². The minimum Gasteiger partial charge on any atom is -0.328 e. The molecule has 2 unspecified atom stereocenters. The highest BCUT2D eigenvalue weighted by molar-refractivity contribution is 6.32. The summed E-state index contributed by atoms with van der Waals surface area (Å²) in [4.78, 5) is 18.1. The Hall–Kier alpha value is -1.17. The summed E-state index contributed by atoms with van der Waals surface area (Å²) in [5.41, 5.74) is 6.51. The lowest BCUT2D eigenvalue weighted by Gasteiger charge is -2.34. The Labute approximate surface area is 124 Å². The number of likely N-dealkylation sites (tertiary alicyclic amines) is 1. The standard InChI is InChI=1S/C14H21ClN4O/c1-10(16)11-4-3-7-19(8-11)9-13(20)18-12-5-2-6-17-14(12)15/h2,5-6,10-11H,3-4,7-9,16H2,1H3,(H,18,20). The van der Waals surface area contributed by atoms with Crippen molar-refractivity contribution in [3.8, 4) is 0 Å². The van der Waals surface area contributed by atoms with Gasteiger partial charge in [0.15, 0.2) is 5.15 Å². The van der Waals surface area contributed by atoms with E-state index in [0.29, 0.717) is 23.3 Å². The van der Waals surface area contributed by atoms with Crippen molar-refractivity contribution in [2.75, 3.05) is 25.0 Å². The van der Waals surface area contributed by atoms with Crippen molar-refractivity contribution in [2.45, 2.75) is 25.8 Å². The van der Waals surface area contributed by atoms with E-state index in [-0.39, 0.29) is 11.9 Å². The average molecular weight is 297 g/mol. The summed E-state index contributed by atoms with van der Waals surface area (Å²) in [5.74, 6) is 0.406. The lowest BCUT2D eigenvalue weighted by molar-refractivity contribution is -0.117. The van der Waals surface area contributed by atoms with Crippen LogP contribution in [0.5, 0.6) is 0 Å². The molecule has 0 aromatic carbocycles. The molecule has 0 spiro atoms. The molecule has 2 heterocycles. The molecule has 0 saturated carbocycles. The summed E-state index contributed by atoms with van der Waals surface area (Å²) in [6.07, 6.45) is 3.83. The first-order valence-corrected chi connectivity index (χ1v) is 7.32. The highest BCUT2D eigenvalue weighted by atomic mass is 35.5. The number of hydrogen-bond donors (Lipinski definition) is 2. The van der Waals surface area contributed by atoms with E-state index in [1.165, 1.54) is 0 Å². The summed E-state index contributed by atoms with van der Waals surface area (Å²) < 4.78 is 0. The first kappa shape index (κ1) is 15.2. The fraction of sp³-hybridized carbons (Fsp3) is 0.571. The molecule has 0 radical (unpaired) electrons. The third-order valence-electron chi connectivity index (χ3n) is 3.69. The number of aromatic nitrogens is 1. The maximum Gasteiger partial charge on any atom is 0.238 e. The number of hydrogen-bond acceptors (Lipinski definition) is 4. The van der Waals surface area contributed by atoms with Gasteiger partial charge in [0, 0.05) is 18.8 Å². The van der Waals surface area contributed by atoms with Crippen molar-refractivity contribution in [3.05, 3.63) is 23.5 Å². The highest BCUT2D eigenvalue weighted by Gasteiger charge is 2.24. The smallest absolute Gasteiger partial charge is 0.238 e. The van der Waals surface area contributed by atoms with Gasteiger partial charge in [0.25, 0.3) is 0 Å². The SMILES string of the molecule is CC(N)C1CCCN(CC(=O)Nc2cccnc2Cl)C1. The molecule has 1 amide bonds. The fourth-order valence-corrected chi connectivity index (χ4v) is 2.70. The Bertz CT molecular complexity index is 466. The van der Waals surface area contributed by atoms with Crippen LogP contribution in [0.15, 0.2) is 18.3 Å². The molecule has 110 valence electrons. The molecule has 1 fully saturated rings. The van der Waals surface area contributed by atoms with E-state index in [0.717, 1.165) is 25.9 Å². The maximum absolute atomic E-state index is 12.0. The molecule has 1 aliphatic heterocycles.